The van der Waals surface area contributed by atoms with E-state index >= 15 is 0 Å². The van der Waals surface area contributed by atoms with Gasteiger partial charge in [-0.2, -0.15) is 0 Å². The predicted molar refractivity (Wildman–Crippen MR) is 83.1 cm³/mol. The molecule has 2 fully saturated rings. The summed E-state index contributed by atoms with van der Waals surface area (Å²) in [6.45, 7) is 4.51. The van der Waals surface area contributed by atoms with Gasteiger partial charge >= 0.3 is 0 Å². The Labute approximate surface area is 122 Å². The molecule has 1 spiro atoms. The minimum Gasteiger partial charge on any atom is -0.489 e. The summed E-state index contributed by atoms with van der Waals surface area (Å²) in [5.41, 5.74) is 7.94. The van der Waals surface area contributed by atoms with Gasteiger partial charge in [0.1, 0.15) is 11.9 Å². The van der Waals surface area contributed by atoms with E-state index in [1.54, 1.807) is 0 Å². The molecule has 20 heavy (non-hydrogen) atoms. The van der Waals surface area contributed by atoms with Crippen LogP contribution >= 0.6 is 0 Å². The lowest BCUT2D eigenvalue weighted by molar-refractivity contribution is -0.0625. The van der Waals surface area contributed by atoms with E-state index in [1.165, 1.54) is 31.2 Å². The average molecular weight is 273 g/mol. The van der Waals surface area contributed by atoms with Gasteiger partial charge < -0.3 is 10.5 Å². The summed E-state index contributed by atoms with van der Waals surface area (Å²) in [5.74, 6) is 1.64. The van der Waals surface area contributed by atoms with Crippen LogP contribution in [-0.4, -0.2) is 12.1 Å². The zero-order valence-electron chi connectivity index (χ0n) is 12.8. The van der Waals surface area contributed by atoms with Gasteiger partial charge in [0, 0.05) is 17.9 Å². The molecule has 3 rings (SSSR count). The summed E-state index contributed by atoms with van der Waals surface area (Å²) in [6.07, 6.45) is 7.66. The molecule has 2 saturated carbocycles. The van der Waals surface area contributed by atoms with Gasteiger partial charge in [0.05, 0.1) is 0 Å². The first-order chi connectivity index (χ1) is 9.67. The summed E-state index contributed by atoms with van der Waals surface area (Å²) in [7, 11) is 0. The van der Waals surface area contributed by atoms with Gasteiger partial charge in [-0.05, 0) is 36.8 Å². The molecule has 0 bridgehead atoms. The molecule has 0 saturated heterocycles. The van der Waals surface area contributed by atoms with Crippen molar-refractivity contribution < 1.29 is 4.74 Å². The summed E-state index contributed by atoms with van der Waals surface area (Å²) < 4.78 is 6.43. The highest BCUT2D eigenvalue weighted by Gasteiger charge is 2.56. The van der Waals surface area contributed by atoms with Gasteiger partial charge in [-0.3, -0.25) is 0 Å². The fourth-order valence-electron chi connectivity index (χ4n) is 4.04. The van der Waals surface area contributed by atoms with Gasteiger partial charge in [-0.25, -0.2) is 0 Å². The second-order valence-electron chi connectivity index (χ2n) is 6.74. The molecule has 0 radical (unpaired) electrons. The molecule has 2 heteroatoms. The lowest BCUT2D eigenvalue weighted by atomic mass is 9.61. The van der Waals surface area contributed by atoms with Gasteiger partial charge in [0.2, 0.25) is 0 Å². The SMILES string of the molecule is CCC(C)c1ccccc1OC1CC(N)C12CCCC2. The molecule has 110 valence electrons. The Kier molecular flexibility index (Phi) is 3.76. The van der Waals surface area contributed by atoms with Crippen molar-refractivity contribution in [1.82, 2.24) is 0 Å². The van der Waals surface area contributed by atoms with Crippen molar-refractivity contribution in [2.24, 2.45) is 11.1 Å². The second kappa shape index (κ2) is 5.40. The number of benzene rings is 1. The highest BCUT2D eigenvalue weighted by atomic mass is 16.5. The van der Waals surface area contributed by atoms with Crippen LogP contribution in [0, 0.1) is 5.41 Å². The second-order valence-corrected chi connectivity index (χ2v) is 6.74. The summed E-state index contributed by atoms with van der Waals surface area (Å²) in [5, 5.41) is 0. The standard InChI is InChI=1S/C18H27NO/c1-3-13(2)14-8-4-5-9-15(14)20-17-12-16(19)18(17)10-6-7-11-18/h4-5,8-9,13,16-17H,3,6-7,10-12,19H2,1-2H3. The maximum atomic E-state index is 6.43. The summed E-state index contributed by atoms with van der Waals surface area (Å²) >= 11 is 0. The first-order valence-corrected chi connectivity index (χ1v) is 8.18. The van der Waals surface area contributed by atoms with Crippen molar-refractivity contribution in [2.45, 2.75) is 70.4 Å². The number of nitrogens with two attached hydrogens (primary N) is 1. The van der Waals surface area contributed by atoms with Crippen molar-refractivity contribution in [3.8, 4) is 5.75 Å². The van der Waals surface area contributed by atoms with Crippen LogP contribution < -0.4 is 10.5 Å². The minimum atomic E-state index is 0.280. The van der Waals surface area contributed by atoms with Crippen molar-refractivity contribution in [2.75, 3.05) is 0 Å². The number of hydrogen-bond donors (Lipinski definition) is 1. The highest BCUT2D eigenvalue weighted by molar-refractivity contribution is 5.36. The molecule has 2 nitrogen and oxygen atoms in total. The van der Waals surface area contributed by atoms with E-state index in [0.29, 0.717) is 18.1 Å². The lowest BCUT2D eigenvalue weighted by Gasteiger charge is -2.52. The van der Waals surface area contributed by atoms with Crippen molar-refractivity contribution >= 4 is 0 Å². The van der Waals surface area contributed by atoms with E-state index < -0.39 is 0 Å². The Hall–Kier alpha value is -1.02. The van der Waals surface area contributed by atoms with Gasteiger partial charge in [-0.1, -0.05) is 44.9 Å². The Morgan fingerprint density at radius 1 is 1.30 bits per heavy atom. The Morgan fingerprint density at radius 3 is 2.65 bits per heavy atom. The third-order valence-electron chi connectivity index (χ3n) is 5.71. The van der Waals surface area contributed by atoms with E-state index in [0.717, 1.165) is 18.6 Å². The van der Waals surface area contributed by atoms with Crippen molar-refractivity contribution in [3.05, 3.63) is 29.8 Å². The molecule has 2 N–H and O–H groups in total. The van der Waals surface area contributed by atoms with Crippen LogP contribution in [-0.2, 0) is 0 Å². The zero-order valence-corrected chi connectivity index (χ0v) is 12.8. The smallest absolute Gasteiger partial charge is 0.123 e. The van der Waals surface area contributed by atoms with Crippen LogP contribution in [0.4, 0.5) is 0 Å². The molecule has 3 atom stereocenters. The van der Waals surface area contributed by atoms with Crippen LogP contribution in [0.5, 0.6) is 5.75 Å². The highest BCUT2D eigenvalue weighted by Crippen LogP contribution is 2.54. The molecule has 1 aromatic rings. The molecule has 0 aromatic heterocycles. The number of para-hydroxylation sites is 1. The fraction of sp³-hybridized carbons (Fsp3) is 0.667. The molecule has 0 heterocycles. The Morgan fingerprint density at radius 2 is 2.00 bits per heavy atom. The third-order valence-corrected chi connectivity index (χ3v) is 5.71. The van der Waals surface area contributed by atoms with E-state index in [4.69, 9.17) is 10.5 Å². The minimum absolute atomic E-state index is 0.280. The molecular weight excluding hydrogens is 246 g/mol. The molecule has 3 unspecified atom stereocenters. The molecular formula is C18H27NO. The molecule has 2 aliphatic carbocycles. The van der Waals surface area contributed by atoms with Crippen molar-refractivity contribution in [3.63, 3.8) is 0 Å². The average Bonchev–Trinajstić information content (AvgIpc) is 2.99. The Balaban J connectivity index is 1.79. The van der Waals surface area contributed by atoms with Crippen LogP contribution in [0.1, 0.15) is 63.9 Å². The molecule has 1 aromatic carbocycles. The van der Waals surface area contributed by atoms with E-state index in [9.17, 15) is 0 Å². The van der Waals surface area contributed by atoms with E-state index in [1.807, 2.05) is 0 Å². The maximum Gasteiger partial charge on any atom is 0.123 e. The van der Waals surface area contributed by atoms with Crippen LogP contribution in [0.25, 0.3) is 0 Å². The topological polar surface area (TPSA) is 35.2 Å². The first-order valence-electron chi connectivity index (χ1n) is 8.18. The normalized spacial score (nSPS) is 29.1. The summed E-state index contributed by atoms with van der Waals surface area (Å²) in [6, 6.07) is 8.90. The zero-order chi connectivity index (χ0) is 14.2. The lowest BCUT2D eigenvalue weighted by Crippen LogP contribution is -2.62. The van der Waals surface area contributed by atoms with Gasteiger partial charge in [0.15, 0.2) is 0 Å². The number of rotatable bonds is 4. The molecule has 0 amide bonds. The summed E-state index contributed by atoms with van der Waals surface area (Å²) in [4.78, 5) is 0. The van der Waals surface area contributed by atoms with Gasteiger partial charge in [-0.15, -0.1) is 0 Å². The van der Waals surface area contributed by atoms with Crippen LogP contribution in [0.3, 0.4) is 0 Å². The predicted octanol–water partition coefficient (Wildman–Crippen LogP) is 4.24. The quantitative estimate of drug-likeness (QED) is 0.890. The van der Waals surface area contributed by atoms with Crippen LogP contribution in [0.15, 0.2) is 24.3 Å². The largest absolute Gasteiger partial charge is 0.489 e. The van der Waals surface area contributed by atoms with E-state index in [-0.39, 0.29) is 5.41 Å². The monoisotopic (exact) mass is 273 g/mol. The molecule has 0 aliphatic heterocycles. The maximum absolute atomic E-state index is 6.43. The Bertz CT molecular complexity index is 464. The van der Waals surface area contributed by atoms with Gasteiger partial charge in [0.25, 0.3) is 0 Å². The van der Waals surface area contributed by atoms with Crippen LogP contribution in [0.2, 0.25) is 0 Å². The third kappa shape index (κ3) is 2.14. The number of hydrogen-bond acceptors (Lipinski definition) is 2. The molecule has 2 aliphatic rings. The van der Waals surface area contributed by atoms with E-state index in [2.05, 4.69) is 38.1 Å². The number of ether oxygens (including phenoxy) is 1. The van der Waals surface area contributed by atoms with Crippen molar-refractivity contribution in [1.29, 1.82) is 0 Å². The first kappa shape index (κ1) is 13.9. The fourth-order valence-corrected chi connectivity index (χ4v) is 4.04.